The summed E-state index contributed by atoms with van der Waals surface area (Å²) in [6.07, 6.45) is 0. The first-order valence-corrected chi connectivity index (χ1v) is 8.06. The van der Waals surface area contributed by atoms with Crippen molar-refractivity contribution in [1.82, 2.24) is 4.90 Å². The molecule has 0 aliphatic carbocycles. The van der Waals surface area contributed by atoms with E-state index >= 15 is 0 Å². The van der Waals surface area contributed by atoms with Crippen LogP contribution in [0.3, 0.4) is 0 Å². The summed E-state index contributed by atoms with van der Waals surface area (Å²) in [5.74, 6) is -2.08. The van der Waals surface area contributed by atoms with E-state index in [-0.39, 0.29) is 30.7 Å². The Kier molecular flexibility index (Phi) is 7.53. The van der Waals surface area contributed by atoms with Gasteiger partial charge in [-0.1, -0.05) is 0 Å². The fraction of sp³-hybridized carbons (Fsp3) is 0.400. The molecule has 1 rings (SSSR count). The molecule has 0 saturated carbocycles. The van der Waals surface area contributed by atoms with E-state index in [1.54, 1.807) is 13.8 Å². The number of nitrogens with one attached hydrogen (secondary N) is 1. The van der Waals surface area contributed by atoms with E-state index in [1.165, 1.54) is 29.2 Å². The molecular formula is C15H19FN2O4S. The lowest BCUT2D eigenvalue weighted by Crippen LogP contribution is -2.40. The lowest BCUT2D eigenvalue weighted by atomic mass is 10.3. The number of anilines is 1. The maximum atomic E-state index is 12.8. The van der Waals surface area contributed by atoms with Crippen molar-refractivity contribution >= 4 is 35.2 Å². The molecule has 0 spiro atoms. The van der Waals surface area contributed by atoms with Crippen LogP contribution in [-0.4, -0.2) is 51.9 Å². The summed E-state index contributed by atoms with van der Waals surface area (Å²) >= 11 is 1.12. The van der Waals surface area contributed by atoms with Crippen molar-refractivity contribution < 1.29 is 23.9 Å². The third kappa shape index (κ3) is 6.68. The van der Waals surface area contributed by atoms with Crippen molar-refractivity contribution in [2.75, 3.05) is 24.2 Å². The summed E-state index contributed by atoms with van der Waals surface area (Å²) < 4.78 is 12.8. The maximum Gasteiger partial charge on any atom is 0.323 e. The first-order chi connectivity index (χ1) is 10.8. The van der Waals surface area contributed by atoms with E-state index in [0.29, 0.717) is 5.69 Å². The zero-order valence-corrected chi connectivity index (χ0v) is 13.7. The van der Waals surface area contributed by atoms with Gasteiger partial charge in [-0.2, -0.15) is 0 Å². The first kappa shape index (κ1) is 19.0. The number of halogens is 1. The van der Waals surface area contributed by atoms with Crippen molar-refractivity contribution in [2.45, 2.75) is 19.1 Å². The number of aliphatic carboxylic acids is 1. The topological polar surface area (TPSA) is 86.7 Å². The second kappa shape index (κ2) is 9.14. The van der Waals surface area contributed by atoms with E-state index in [9.17, 15) is 18.8 Å². The Bertz CT molecular complexity index is 565. The lowest BCUT2D eigenvalue weighted by Gasteiger charge is -2.22. The Labute approximate surface area is 138 Å². The summed E-state index contributed by atoms with van der Waals surface area (Å²) in [4.78, 5) is 35.8. The van der Waals surface area contributed by atoms with Crippen LogP contribution in [-0.2, 0) is 14.4 Å². The SMILES string of the molecule is CCN(CC(=O)O)C(=O)C(C)SCC(=O)Nc1ccc(F)cc1. The number of amides is 2. The molecule has 126 valence electrons. The minimum Gasteiger partial charge on any atom is -0.480 e. The van der Waals surface area contributed by atoms with Crippen LogP contribution < -0.4 is 5.32 Å². The number of likely N-dealkylation sites (N-methyl/N-ethyl adjacent to an activating group) is 1. The molecule has 0 bridgehead atoms. The summed E-state index contributed by atoms with van der Waals surface area (Å²) in [6.45, 7) is 3.25. The number of thioether (sulfide) groups is 1. The minimum absolute atomic E-state index is 0.0366. The van der Waals surface area contributed by atoms with Gasteiger partial charge in [0.05, 0.1) is 11.0 Å². The largest absolute Gasteiger partial charge is 0.480 e. The third-order valence-corrected chi connectivity index (χ3v) is 4.09. The number of carboxylic acid groups (broad SMARTS) is 1. The van der Waals surface area contributed by atoms with Gasteiger partial charge in [0.1, 0.15) is 12.4 Å². The summed E-state index contributed by atoms with van der Waals surface area (Å²) in [5.41, 5.74) is 0.469. The standard InChI is InChI=1S/C15H19FN2O4S/c1-3-18(8-14(20)21)15(22)10(2)23-9-13(19)17-12-6-4-11(16)5-7-12/h4-7,10H,3,8-9H2,1-2H3,(H,17,19)(H,20,21). The van der Waals surface area contributed by atoms with Gasteiger partial charge in [-0.05, 0) is 38.1 Å². The van der Waals surface area contributed by atoms with Crippen LogP contribution in [0.4, 0.5) is 10.1 Å². The average Bonchev–Trinajstić information content (AvgIpc) is 2.51. The molecule has 0 heterocycles. The molecule has 0 aromatic heterocycles. The van der Waals surface area contributed by atoms with Crippen LogP contribution in [0.5, 0.6) is 0 Å². The molecule has 2 amide bonds. The Morgan fingerprint density at radius 2 is 1.91 bits per heavy atom. The van der Waals surface area contributed by atoms with Gasteiger partial charge in [-0.15, -0.1) is 11.8 Å². The predicted molar refractivity (Wildman–Crippen MR) is 86.8 cm³/mol. The van der Waals surface area contributed by atoms with Gasteiger partial charge in [0.25, 0.3) is 0 Å². The van der Waals surface area contributed by atoms with E-state index in [4.69, 9.17) is 5.11 Å². The van der Waals surface area contributed by atoms with Crippen molar-refractivity contribution in [3.8, 4) is 0 Å². The average molecular weight is 342 g/mol. The smallest absolute Gasteiger partial charge is 0.323 e. The maximum absolute atomic E-state index is 12.8. The number of carbonyl (C=O) groups is 3. The molecule has 0 fully saturated rings. The number of carbonyl (C=O) groups excluding carboxylic acids is 2. The van der Waals surface area contributed by atoms with Gasteiger partial charge in [0, 0.05) is 12.2 Å². The highest BCUT2D eigenvalue weighted by Gasteiger charge is 2.22. The number of rotatable bonds is 8. The van der Waals surface area contributed by atoms with E-state index in [1.807, 2.05) is 0 Å². The normalized spacial score (nSPS) is 11.6. The van der Waals surface area contributed by atoms with Gasteiger partial charge in [-0.25, -0.2) is 4.39 Å². The van der Waals surface area contributed by atoms with Crippen molar-refractivity contribution in [1.29, 1.82) is 0 Å². The molecule has 0 saturated heterocycles. The molecule has 1 aromatic rings. The first-order valence-electron chi connectivity index (χ1n) is 7.01. The fourth-order valence-electron chi connectivity index (χ4n) is 1.77. The van der Waals surface area contributed by atoms with Gasteiger partial charge in [0.2, 0.25) is 11.8 Å². The summed E-state index contributed by atoms with van der Waals surface area (Å²) in [7, 11) is 0. The van der Waals surface area contributed by atoms with Gasteiger partial charge < -0.3 is 15.3 Å². The molecule has 0 radical (unpaired) electrons. The van der Waals surface area contributed by atoms with Gasteiger partial charge >= 0.3 is 5.97 Å². The van der Waals surface area contributed by atoms with Crippen LogP contribution in [0.1, 0.15) is 13.8 Å². The Morgan fingerprint density at radius 1 is 1.30 bits per heavy atom. The highest BCUT2D eigenvalue weighted by Crippen LogP contribution is 2.15. The molecule has 8 heteroatoms. The lowest BCUT2D eigenvalue weighted by molar-refractivity contribution is -0.144. The number of benzene rings is 1. The van der Waals surface area contributed by atoms with Crippen LogP contribution >= 0.6 is 11.8 Å². The van der Waals surface area contributed by atoms with Gasteiger partial charge in [0.15, 0.2) is 0 Å². The number of carboxylic acids is 1. The Morgan fingerprint density at radius 3 is 2.43 bits per heavy atom. The molecular weight excluding hydrogens is 323 g/mol. The highest BCUT2D eigenvalue weighted by molar-refractivity contribution is 8.01. The van der Waals surface area contributed by atoms with Crippen molar-refractivity contribution in [3.63, 3.8) is 0 Å². The number of hydrogen-bond donors (Lipinski definition) is 2. The predicted octanol–water partition coefficient (Wildman–Crippen LogP) is 1.82. The van der Waals surface area contributed by atoms with Gasteiger partial charge in [-0.3, -0.25) is 14.4 Å². The van der Waals surface area contributed by atoms with Crippen molar-refractivity contribution in [2.24, 2.45) is 0 Å². The van der Waals surface area contributed by atoms with E-state index < -0.39 is 17.0 Å². The van der Waals surface area contributed by atoms with Crippen molar-refractivity contribution in [3.05, 3.63) is 30.1 Å². The molecule has 1 atom stereocenters. The molecule has 23 heavy (non-hydrogen) atoms. The molecule has 2 N–H and O–H groups in total. The number of nitrogens with zero attached hydrogens (tertiary/aromatic N) is 1. The minimum atomic E-state index is -1.08. The zero-order valence-electron chi connectivity index (χ0n) is 12.9. The molecule has 1 aromatic carbocycles. The molecule has 6 nitrogen and oxygen atoms in total. The second-order valence-corrected chi connectivity index (χ2v) is 6.08. The van der Waals surface area contributed by atoms with Crippen LogP contribution in [0, 0.1) is 5.82 Å². The summed E-state index contributed by atoms with van der Waals surface area (Å²) in [6, 6.07) is 5.36. The zero-order chi connectivity index (χ0) is 17.4. The fourth-order valence-corrected chi connectivity index (χ4v) is 2.53. The van der Waals surface area contributed by atoms with Crippen LogP contribution in [0.15, 0.2) is 24.3 Å². The molecule has 0 aliphatic heterocycles. The van der Waals surface area contributed by atoms with Crippen LogP contribution in [0.25, 0.3) is 0 Å². The number of hydrogen-bond acceptors (Lipinski definition) is 4. The summed E-state index contributed by atoms with van der Waals surface area (Å²) in [5, 5.41) is 10.8. The Balaban J connectivity index is 2.46. The van der Waals surface area contributed by atoms with E-state index in [0.717, 1.165) is 11.8 Å². The van der Waals surface area contributed by atoms with Crippen LogP contribution in [0.2, 0.25) is 0 Å². The molecule has 0 aliphatic rings. The highest BCUT2D eigenvalue weighted by atomic mass is 32.2. The second-order valence-electron chi connectivity index (χ2n) is 4.75. The monoisotopic (exact) mass is 342 g/mol. The molecule has 1 unspecified atom stereocenters. The quantitative estimate of drug-likeness (QED) is 0.752. The Hall–Kier alpha value is -2.09. The van der Waals surface area contributed by atoms with E-state index in [2.05, 4.69) is 5.32 Å². The third-order valence-electron chi connectivity index (χ3n) is 2.96.